The first-order valence-electron chi connectivity index (χ1n) is 36.4. The SMILES string of the molecule is CCC1=C(C)C(CC2=N/C(=C\c3[nH]c(Cc4[nH]c(/C=C5/N=C(CC6=N/C(=C\c7[nH]c(Cc8ccc(/C=C9\N=C(C)C(C)=C9C)[nH]8)c(CC)c7C)C(CC)=C6C)C(C)=C5C)c(C)c4CC)c(CC)c3C)C(C)=C2C)=N/C1=C\c1[nH]c(Cc2ccc(/C=C3/N=C(C)C(C)=C3C)[nH]2)c(CC)c1C. The second-order valence-corrected chi connectivity index (χ2v) is 28.4. The van der Waals surface area contributed by atoms with Gasteiger partial charge in [0.1, 0.15) is 0 Å². The van der Waals surface area contributed by atoms with Crippen LogP contribution in [0, 0.1) is 27.7 Å². The van der Waals surface area contributed by atoms with E-state index in [-0.39, 0.29) is 0 Å². The van der Waals surface area contributed by atoms with Crippen molar-refractivity contribution in [3.05, 3.63) is 238 Å². The zero-order valence-corrected chi connectivity index (χ0v) is 63.2. The molecule has 99 heavy (non-hydrogen) atoms. The smallest absolute Gasteiger partial charge is 0.0689 e. The van der Waals surface area contributed by atoms with Gasteiger partial charge in [0.05, 0.1) is 57.0 Å². The van der Waals surface area contributed by atoms with Crippen LogP contribution in [0.3, 0.4) is 0 Å². The molecular formula is C87H104N12. The first kappa shape index (κ1) is 69.5. The zero-order valence-electron chi connectivity index (χ0n) is 63.2. The largest absolute Gasteiger partial charge is 0.359 e. The van der Waals surface area contributed by atoms with Crippen molar-refractivity contribution < 1.29 is 0 Å². The molecule has 6 N–H and O–H groups in total. The molecular weight excluding hydrogens is 1210 g/mol. The van der Waals surface area contributed by atoms with Gasteiger partial charge < -0.3 is 29.9 Å². The van der Waals surface area contributed by atoms with Gasteiger partial charge >= 0.3 is 0 Å². The third-order valence-corrected chi connectivity index (χ3v) is 22.9. The molecule has 512 valence electrons. The lowest BCUT2D eigenvalue weighted by Gasteiger charge is -2.05. The summed E-state index contributed by atoms with van der Waals surface area (Å²) in [6.07, 6.45) is 22.8. The number of aliphatic imine (C=N–C) groups is 6. The third kappa shape index (κ3) is 13.2. The highest BCUT2D eigenvalue weighted by molar-refractivity contribution is 6.22. The van der Waals surface area contributed by atoms with E-state index < -0.39 is 0 Å². The van der Waals surface area contributed by atoms with Gasteiger partial charge in [-0.15, -0.1) is 0 Å². The van der Waals surface area contributed by atoms with Crippen LogP contribution in [0.1, 0.15) is 263 Å². The van der Waals surface area contributed by atoms with E-state index in [1.807, 2.05) is 0 Å². The molecule has 6 aromatic rings. The summed E-state index contributed by atoms with van der Waals surface area (Å²) >= 11 is 0. The molecule has 12 nitrogen and oxygen atoms in total. The fraction of sp³-hybridized carbons (Fsp3) is 0.379. The molecule has 6 aliphatic rings. The number of hydrogen-bond donors (Lipinski definition) is 6. The Morgan fingerprint density at radius 2 is 0.545 bits per heavy atom. The van der Waals surface area contributed by atoms with Crippen LogP contribution in [-0.4, -0.2) is 64.2 Å². The fourth-order valence-electron chi connectivity index (χ4n) is 15.8. The summed E-state index contributed by atoms with van der Waals surface area (Å²) in [6, 6.07) is 8.73. The van der Waals surface area contributed by atoms with Gasteiger partial charge in [0.2, 0.25) is 0 Å². The Bertz CT molecular complexity index is 4690. The molecule has 0 aromatic carbocycles. The van der Waals surface area contributed by atoms with Crippen LogP contribution >= 0.6 is 0 Å². The minimum atomic E-state index is 0.681. The average Bonchev–Trinajstić information content (AvgIpc) is 1.64. The molecule has 0 saturated carbocycles. The average molecular weight is 1320 g/mol. The molecule has 0 atom stereocenters. The van der Waals surface area contributed by atoms with Gasteiger partial charge in [-0.05, 0) is 321 Å². The van der Waals surface area contributed by atoms with Crippen molar-refractivity contribution >= 4 is 70.7 Å². The normalized spacial score (nSPS) is 19.3. The highest BCUT2D eigenvalue weighted by Gasteiger charge is 2.30. The van der Waals surface area contributed by atoms with Gasteiger partial charge in [0, 0.05) is 112 Å². The van der Waals surface area contributed by atoms with Crippen LogP contribution < -0.4 is 0 Å². The van der Waals surface area contributed by atoms with Crippen molar-refractivity contribution in [2.75, 3.05) is 0 Å². The van der Waals surface area contributed by atoms with Crippen molar-refractivity contribution in [1.82, 2.24) is 29.9 Å². The summed E-state index contributed by atoms with van der Waals surface area (Å²) in [7, 11) is 0. The Morgan fingerprint density at radius 3 is 0.848 bits per heavy atom. The number of aromatic nitrogens is 6. The van der Waals surface area contributed by atoms with E-state index in [1.54, 1.807) is 0 Å². The van der Waals surface area contributed by atoms with Gasteiger partial charge in [-0.3, -0.25) is 30.0 Å². The van der Waals surface area contributed by atoms with Crippen LogP contribution in [0.2, 0.25) is 0 Å². The summed E-state index contributed by atoms with van der Waals surface area (Å²) < 4.78 is 0. The van der Waals surface area contributed by atoms with Gasteiger partial charge in [0.15, 0.2) is 0 Å². The van der Waals surface area contributed by atoms with E-state index >= 15 is 0 Å². The van der Waals surface area contributed by atoms with Crippen LogP contribution in [0.5, 0.6) is 0 Å². The first-order valence-corrected chi connectivity index (χ1v) is 36.4. The number of nitrogens with one attached hydrogen (secondary N) is 6. The maximum Gasteiger partial charge on any atom is 0.0689 e. The van der Waals surface area contributed by atoms with Crippen molar-refractivity contribution in [3.63, 3.8) is 0 Å². The van der Waals surface area contributed by atoms with Crippen molar-refractivity contribution in [1.29, 1.82) is 0 Å². The van der Waals surface area contributed by atoms with E-state index in [2.05, 4.69) is 243 Å². The third-order valence-electron chi connectivity index (χ3n) is 22.9. The Kier molecular flexibility index (Phi) is 19.7. The summed E-state index contributed by atoms with van der Waals surface area (Å²) in [5.74, 6) is 0. The molecule has 12 heterocycles. The fourth-order valence-corrected chi connectivity index (χ4v) is 15.8. The molecule has 0 spiro atoms. The van der Waals surface area contributed by atoms with Gasteiger partial charge in [-0.2, -0.15) is 0 Å². The lowest BCUT2D eigenvalue weighted by molar-refractivity contribution is 0.965. The maximum absolute atomic E-state index is 5.41. The van der Waals surface area contributed by atoms with Gasteiger partial charge in [-0.25, -0.2) is 0 Å². The highest BCUT2D eigenvalue weighted by Crippen LogP contribution is 2.40. The van der Waals surface area contributed by atoms with Crippen molar-refractivity contribution in [3.8, 4) is 0 Å². The summed E-state index contributed by atoms with van der Waals surface area (Å²) in [5, 5.41) is 0. The van der Waals surface area contributed by atoms with E-state index in [0.29, 0.717) is 12.8 Å². The number of nitrogens with zero attached hydrogens (tertiary/aromatic N) is 6. The second-order valence-electron chi connectivity index (χ2n) is 28.4. The van der Waals surface area contributed by atoms with E-state index in [4.69, 9.17) is 30.0 Å². The summed E-state index contributed by atoms with van der Waals surface area (Å²) in [6.45, 7) is 48.8. The lowest BCUT2D eigenvalue weighted by atomic mass is 9.97. The van der Waals surface area contributed by atoms with E-state index in [0.717, 1.165) is 160 Å². The van der Waals surface area contributed by atoms with E-state index in [1.165, 1.54) is 146 Å². The number of hydrogen-bond acceptors (Lipinski definition) is 6. The predicted molar refractivity (Wildman–Crippen MR) is 422 cm³/mol. The molecule has 0 fully saturated rings. The van der Waals surface area contributed by atoms with E-state index in [9.17, 15) is 0 Å². The summed E-state index contributed by atoms with van der Waals surface area (Å²) in [5.41, 5.74) is 52.4. The number of allylic oxidation sites excluding steroid dienone is 12. The van der Waals surface area contributed by atoms with Crippen LogP contribution in [0.4, 0.5) is 0 Å². The minimum Gasteiger partial charge on any atom is -0.359 e. The standard InChI is InChI=1S/C87H104N12/c1-23-64-52(15)80(94-82(64)35-62-31-29-60(90-62)33-70-46(9)44(7)58(21)88-70)41-84-66(25-3)54(17)76(96-84)37-72-48(11)50(13)74(92-72)39-78-56(19)68(27-5)86(98-78)43-87-69(28-6)57(20)79(99-87)40-75-51(14)49(12)73(93-75)38-77-55(18)67(26-4)85(97-77)42-81-53(16)65(24-2)83(95-81)36-63-32-30-61(91-63)34-71-47(10)45(8)59(22)89-71/h29-34,39-42,90-91,94-95,98-99H,23-28,35-38,43H2,1-22H3/b70-33-,71-34+,74-39+,75-40-,84-41-,85-42-. The number of aromatic amines is 6. The van der Waals surface area contributed by atoms with Gasteiger partial charge in [0.25, 0.3) is 0 Å². The molecule has 0 unspecified atom stereocenters. The summed E-state index contributed by atoms with van der Waals surface area (Å²) in [4.78, 5) is 54.2. The Hall–Kier alpha value is -9.42. The predicted octanol–water partition coefficient (Wildman–Crippen LogP) is 21.7. The monoisotopic (exact) mass is 1320 g/mol. The molecule has 0 bridgehead atoms. The minimum absolute atomic E-state index is 0.681. The Balaban J connectivity index is 0.742. The Morgan fingerprint density at radius 1 is 0.263 bits per heavy atom. The first-order chi connectivity index (χ1) is 47.3. The van der Waals surface area contributed by atoms with Crippen LogP contribution in [-0.2, 0) is 44.9 Å². The number of H-pyrrole nitrogens is 6. The molecule has 12 rings (SSSR count). The highest BCUT2D eigenvalue weighted by atomic mass is 14.9. The van der Waals surface area contributed by atoms with Gasteiger partial charge in [-0.1, -0.05) is 41.5 Å². The molecule has 0 radical (unpaired) electrons. The second kappa shape index (κ2) is 28.1. The zero-order chi connectivity index (χ0) is 70.7. The number of rotatable bonds is 22. The van der Waals surface area contributed by atoms with Crippen molar-refractivity contribution in [2.45, 2.75) is 223 Å². The molecule has 0 saturated heterocycles. The quantitative estimate of drug-likeness (QED) is 0.0381. The molecule has 12 heteroatoms. The lowest BCUT2D eigenvalue weighted by Crippen LogP contribution is -2.07. The molecule has 6 aliphatic heterocycles. The van der Waals surface area contributed by atoms with Crippen molar-refractivity contribution in [2.24, 2.45) is 30.0 Å². The maximum atomic E-state index is 5.41. The topological polar surface area (TPSA) is 169 Å². The molecule has 0 aliphatic carbocycles. The molecule has 0 amide bonds. The molecule has 6 aromatic heterocycles. The Labute approximate surface area is 588 Å². The van der Waals surface area contributed by atoms with Crippen LogP contribution in [0.25, 0.3) is 36.5 Å². The van der Waals surface area contributed by atoms with Crippen LogP contribution in [0.15, 0.2) is 155 Å².